The molecule has 0 spiro atoms. The van der Waals surface area contributed by atoms with Gasteiger partial charge in [0.25, 0.3) is 11.8 Å². The largest absolute Gasteiger partial charge is 0.348 e. The molecule has 0 saturated carbocycles. The molecule has 2 fully saturated rings. The minimum Gasteiger partial charge on any atom is -0.348 e. The second-order valence-corrected chi connectivity index (χ2v) is 8.10. The molecule has 1 unspecified atom stereocenters. The predicted octanol–water partition coefficient (Wildman–Crippen LogP) is 2.97. The summed E-state index contributed by atoms with van der Waals surface area (Å²) in [6.45, 7) is 5.88. The van der Waals surface area contributed by atoms with Gasteiger partial charge in [-0.2, -0.15) is 0 Å². The molecule has 2 aliphatic heterocycles. The average Bonchev–Trinajstić information content (AvgIpc) is 2.92. The Morgan fingerprint density at radius 3 is 2.36 bits per heavy atom. The Morgan fingerprint density at radius 1 is 1.04 bits per heavy atom. The fourth-order valence-corrected chi connectivity index (χ4v) is 4.59. The highest BCUT2D eigenvalue weighted by Gasteiger charge is 2.44. The van der Waals surface area contributed by atoms with Crippen molar-refractivity contribution in [3.8, 4) is 0 Å². The number of piperidine rings is 1. The first kappa shape index (κ1) is 18.6. The quantitative estimate of drug-likeness (QED) is 0.891. The van der Waals surface area contributed by atoms with Crippen LogP contribution in [0, 0.1) is 20.8 Å². The van der Waals surface area contributed by atoms with Crippen molar-refractivity contribution < 1.29 is 9.59 Å². The maximum atomic E-state index is 13.2. The van der Waals surface area contributed by atoms with E-state index in [-0.39, 0.29) is 29.9 Å². The summed E-state index contributed by atoms with van der Waals surface area (Å²) in [6.07, 6.45) is 6.69. The molecular weight excluding hydrogens is 352 g/mol. The van der Waals surface area contributed by atoms with Gasteiger partial charge in [0, 0.05) is 29.9 Å². The lowest BCUT2D eigenvalue weighted by Gasteiger charge is -2.39. The Hall–Kier alpha value is -2.76. The molecular formula is C22H26N4O2. The van der Waals surface area contributed by atoms with Crippen LogP contribution in [0.3, 0.4) is 0 Å². The Morgan fingerprint density at radius 2 is 1.75 bits per heavy atom. The van der Waals surface area contributed by atoms with E-state index in [0.717, 1.165) is 48.1 Å². The Bertz CT molecular complexity index is 895. The van der Waals surface area contributed by atoms with Crippen molar-refractivity contribution in [2.24, 2.45) is 0 Å². The third-order valence-electron chi connectivity index (χ3n) is 5.93. The van der Waals surface area contributed by atoms with Crippen LogP contribution in [-0.2, 0) is 0 Å². The summed E-state index contributed by atoms with van der Waals surface area (Å²) in [5.41, 5.74) is 4.11. The molecule has 1 aromatic heterocycles. The van der Waals surface area contributed by atoms with Crippen LogP contribution in [0.2, 0.25) is 0 Å². The van der Waals surface area contributed by atoms with Crippen LogP contribution in [0.5, 0.6) is 0 Å². The molecule has 2 saturated heterocycles. The van der Waals surface area contributed by atoms with E-state index >= 15 is 0 Å². The van der Waals surface area contributed by atoms with E-state index in [2.05, 4.69) is 26.3 Å². The van der Waals surface area contributed by atoms with Gasteiger partial charge in [0.2, 0.25) is 0 Å². The van der Waals surface area contributed by atoms with E-state index in [0.29, 0.717) is 5.69 Å². The van der Waals surface area contributed by atoms with Crippen LogP contribution in [0.15, 0.2) is 30.6 Å². The third kappa shape index (κ3) is 3.51. The first-order valence-corrected chi connectivity index (χ1v) is 9.92. The van der Waals surface area contributed by atoms with Gasteiger partial charge >= 0.3 is 0 Å². The minimum absolute atomic E-state index is 0.0660. The molecule has 3 heterocycles. The van der Waals surface area contributed by atoms with Gasteiger partial charge in [-0.25, -0.2) is 4.98 Å². The number of hydrogen-bond donors (Lipinski definition) is 1. The van der Waals surface area contributed by atoms with E-state index in [1.54, 1.807) is 6.20 Å². The first-order valence-electron chi connectivity index (χ1n) is 9.92. The number of hydrogen-bond acceptors (Lipinski definition) is 4. The summed E-state index contributed by atoms with van der Waals surface area (Å²) in [6, 6.07) is 6.43. The number of carbonyl (C=O) groups excluding carboxylic acids is 2. The molecule has 3 atom stereocenters. The molecule has 1 N–H and O–H groups in total. The van der Waals surface area contributed by atoms with E-state index in [1.165, 1.54) is 6.20 Å². The molecule has 2 amide bonds. The van der Waals surface area contributed by atoms with Crippen LogP contribution in [0.1, 0.15) is 63.4 Å². The van der Waals surface area contributed by atoms with E-state index in [4.69, 9.17) is 0 Å². The number of fused-ring (bicyclic) bond motifs is 2. The number of nitrogens with zero attached hydrogens (tertiary/aromatic N) is 3. The second kappa shape index (κ2) is 7.34. The molecule has 0 radical (unpaired) electrons. The average molecular weight is 378 g/mol. The Labute approximate surface area is 165 Å². The SMILES string of the molecule is Cc1ccc(C(=O)N2[C@@H]3CC[C@H]2CC(NC(=O)c2cnc(C)cn2)C3)c(C)c1. The van der Waals surface area contributed by atoms with Crippen LogP contribution in [0.25, 0.3) is 0 Å². The topological polar surface area (TPSA) is 75.2 Å². The van der Waals surface area contributed by atoms with E-state index in [9.17, 15) is 9.59 Å². The second-order valence-electron chi connectivity index (χ2n) is 8.10. The van der Waals surface area contributed by atoms with Crippen molar-refractivity contribution in [3.63, 3.8) is 0 Å². The highest BCUT2D eigenvalue weighted by Crippen LogP contribution is 2.37. The van der Waals surface area contributed by atoms with Crippen molar-refractivity contribution in [1.29, 1.82) is 0 Å². The summed E-state index contributed by atoms with van der Waals surface area (Å²) in [7, 11) is 0. The molecule has 0 aliphatic carbocycles. The summed E-state index contributed by atoms with van der Waals surface area (Å²) in [4.78, 5) is 36.0. The first-order chi connectivity index (χ1) is 13.4. The Balaban J connectivity index is 1.45. The molecule has 4 rings (SSSR count). The highest BCUT2D eigenvalue weighted by atomic mass is 16.2. The normalized spacial score (nSPS) is 23.5. The molecule has 28 heavy (non-hydrogen) atoms. The summed E-state index contributed by atoms with van der Waals surface area (Å²) >= 11 is 0. The standard InChI is InChI=1S/C22H26N4O2/c1-13-4-7-19(14(2)8-13)22(28)26-17-5-6-18(26)10-16(9-17)25-21(27)20-12-23-15(3)11-24-20/h4,7-8,11-12,16-18H,5-6,9-10H2,1-3H3,(H,25,27)/t16?,17-,18+. The minimum atomic E-state index is -0.189. The van der Waals surface area contributed by atoms with E-state index < -0.39 is 0 Å². The predicted molar refractivity (Wildman–Crippen MR) is 106 cm³/mol. The van der Waals surface area contributed by atoms with Gasteiger partial charge in [-0.05, 0) is 58.1 Å². The molecule has 2 aliphatic rings. The summed E-state index contributed by atoms with van der Waals surface area (Å²) in [5, 5.41) is 3.09. The highest BCUT2D eigenvalue weighted by molar-refractivity contribution is 5.96. The molecule has 6 heteroatoms. The van der Waals surface area contributed by atoms with Gasteiger partial charge in [0.1, 0.15) is 5.69 Å². The summed E-state index contributed by atoms with van der Waals surface area (Å²) < 4.78 is 0. The van der Waals surface area contributed by atoms with Crippen molar-refractivity contribution in [3.05, 3.63) is 58.7 Å². The lowest BCUT2D eigenvalue weighted by Crippen LogP contribution is -2.52. The number of aryl methyl sites for hydroxylation is 3. The summed E-state index contributed by atoms with van der Waals surface area (Å²) in [5.74, 6) is -0.0646. The zero-order valence-electron chi connectivity index (χ0n) is 16.6. The molecule has 1 aromatic carbocycles. The maximum Gasteiger partial charge on any atom is 0.271 e. The fourth-order valence-electron chi connectivity index (χ4n) is 4.59. The zero-order chi connectivity index (χ0) is 19.8. The van der Waals surface area contributed by atoms with Crippen LogP contribution >= 0.6 is 0 Å². The monoisotopic (exact) mass is 378 g/mol. The number of amides is 2. The van der Waals surface area contributed by atoms with Gasteiger partial charge in [0.15, 0.2) is 0 Å². The van der Waals surface area contributed by atoms with Crippen molar-refractivity contribution >= 4 is 11.8 Å². The van der Waals surface area contributed by atoms with E-state index in [1.807, 2.05) is 32.9 Å². The molecule has 2 bridgehead atoms. The third-order valence-corrected chi connectivity index (χ3v) is 5.93. The molecule has 6 nitrogen and oxygen atoms in total. The lowest BCUT2D eigenvalue weighted by molar-refractivity contribution is 0.0548. The number of rotatable bonds is 3. The smallest absolute Gasteiger partial charge is 0.271 e. The van der Waals surface area contributed by atoms with Gasteiger partial charge in [0.05, 0.1) is 11.9 Å². The van der Waals surface area contributed by atoms with Gasteiger partial charge < -0.3 is 10.2 Å². The van der Waals surface area contributed by atoms with Gasteiger partial charge in [-0.15, -0.1) is 0 Å². The van der Waals surface area contributed by atoms with Crippen LogP contribution in [0.4, 0.5) is 0 Å². The van der Waals surface area contributed by atoms with Crippen molar-refractivity contribution in [2.45, 2.75) is 64.6 Å². The van der Waals surface area contributed by atoms with Crippen LogP contribution in [-0.4, -0.2) is 44.8 Å². The number of aromatic nitrogens is 2. The Kier molecular flexibility index (Phi) is 4.87. The van der Waals surface area contributed by atoms with Crippen molar-refractivity contribution in [2.75, 3.05) is 0 Å². The maximum absolute atomic E-state index is 13.2. The number of carbonyl (C=O) groups is 2. The number of benzene rings is 1. The fraction of sp³-hybridized carbons (Fsp3) is 0.455. The van der Waals surface area contributed by atoms with Gasteiger partial charge in [-0.1, -0.05) is 17.7 Å². The zero-order valence-corrected chi connectivity index (χ0v) is 16.6. The van der Waals surface area contributed by atoms with Gasteiger partial charge in [-0.3, -0.25) is 14.6 Å². The molecule has 2 aromatic rings. The number of nitrogens with one attached hydrogen (secondary N) is 1. The molecule has 146 valence electrons. The van der Waals surface area contributed by atoms with Crippen molar-refractivity contribution in [1.82, 2.24) is 20.2 Å². The van der Waals surface area contributed by atoms with Crippen LogP contribution < -0.4 is 5.32 Å². The lowest BCUT2D eigenvalue weighted by atomic mass is 9.95.